The SMILES string of the molecule is C=CCOC(=O)C1=C(C)N=c2sc(=Cc3cn(-c4ccccc4)nc3-c3ccc(S(=O)(=O)N4CCOCC4)cc3)c(=O)n2C1c1ccc(OC(C)=O)c(OC)c1. The van der Waals surface area contributed by atoms with Crippen molar-refractivity contribution in [3.8, 4) is 28.4 Å². The van der Waals surface area contributed by atoms with E-state index in [4.69, 9.17) is 24.0 Å². The zero-order valence-electron chi connectivity index (χ0n) is 30.7. The van der Waals surface area contributed by atoms with E-state index in [1.165, 1.54) is 35.0 Å². The summed E-state index contributed by atoms with van der Waals surface area (Å²) in [6.45, 7) is 7.74. The Kier molecular flexibility index (Phi) is 11.0. The maximum atomic E-state index is 14.6. The van der Waals surface area contributed by atoms with Gasteiger partial charge in [-0.3, -0.25) is 14.2 Å². The van der Waals surface area contributed by atoms with Crippen molar-refractivity contribution in [2.24, 2.45) is 4.99 Å². The van der Waals surface area contributed by atoms with Crippen molar-refractivity contribution < 1.29 is 37.0 Å². The van der Waals surface area contributed by atoms with Crippen molar-refractivity contribution in [2.75, 3.05) is 40.0 Å². The van der Waals surface area contributed by atoms with Crippen molar-refractivity contribution in [3.05, 3.63) is 134 Å². The lowest BCUT2D eigenvalue weighted by atomic mass is 9.95. The number of benzene rings is 3. The molecule has 1 fully saturated rings. The van der Waals surface area contributed by atoms with Crippen molar-refractivity contribution in [1.82, 2.24) is 18.7 Å². The number of ether oxygens (including phenoxy) is 4. The third-order valence-corrected chi connectivity index (χ3v) is 12.0. The predicted molar refractivity (Wildman–Crippen MR) is 208 cm³/mol. The van der Waals surface area contributed by atoms with Gasteiger partial charge in [-0.25, -0.2) is 22.9 Å². The second-order valence-electron chi connectivity index (χ2n) is 12.7. The highest BCUT2D eigenvalue weighted by atomic mass is 32.2. The number of aromatic nitrogens is 3. The number of hydrogen-bond acceptors (Lipinski definition) is 12. The van der Waals surface area contributed by atoms with Gasteiger partial charge in [0.2, 0.25) is 10.0 Å². The highest BCUT2D eigenvalue weighted by Crippen LogP contribution is 2.36. The number of thiazole rings is 1. The van der Waals surface area contributed by atoms with Gasteiger partial charge in [-0.1, -0.05) is 60.4 Å². The average Bonchev–Trinajstić information content (AvgIpc) is 3.77. The summed E-state index contributed by atoms with van der Waals surface area (Å²) in [5, 5.41) is 4.88. The fourth-order valence-electron chi connectivity index (χ4n) is 6.50. The van der Waals surface area contributed by atoms with Crippen LogP contribution in [-0.2, 0) is 29.1 Å². The summed E-state index contributed by atoms with van der Waals surface area (Å²) in [5.41, 5.74) is 3.01. The number of methoxy groups -OCH3 is 1. The summed E-state index contributed by atoms with van der Waals surface area (Å²) in [4.78, 5) is 45.1. The summed E-state index contributed by atoms with van der Waals surface area (Å²) in [5.74, 6) is -0.839. The molecule has 5 aromatic rings. The van der Waals surface area contributed by atoms with Crippen LogP contribution in [0.2, 0.25) is 0 Å². The molecule has 3 aromatic carbocycles. The van der Waals surface area contributed by atoms with E-state index < -0.39 is 33.6 Å². The Balaban J connectivity index is 1.37. The number of rotatable bonds is 11. The van der Waals surface area contributed by atoms with Gasteiger partial charge >= 0.3 is 11.9 Å². The molecular formula is C40H37N5O9S2. The zero-order chi connectivity index (χ0) is 39.6. The van der Waals surface area contributed by atoms with Crippen molar-refractivity contribution in [2.45, 2.75) is 24.8 Å². The molecule has 2 aliphatic heterocycles. The molecule has 1 atom stereocenters. The molecular weight excluding hydrogens is 759 g/mol. The third kappa shape index (κ3) is 7.51. The fourth-order valence-corrected chi connectivity index (χ4v) is 8.94. The fraction of sp³-hybridized carbons (Fsp3) is 0.225. The molecule has 1 saturated heterocycles. The van der Waals surface area contributed by atoms with Crippen LogP contribution in [-0.4, -0.2) is 79.0 Å². The molecule has 7 rings (SSSR count). The smallest absolute Gasteiger partial charge is 0.338 e. The molecule has 0 aliphatic carbocycles. The molecule has 2 aliphatic rings. The molecule has 0 radical (unpaired) electrons. The Morgan fingerprint density at radius 2 is 1.77 bits per heavy atom. The standard InChI is InChI=1S/C40H37N5O9S2/c1-5-19-53-39(48)35-25(2)41-40-45(37(35)28-13-16-32(54-26(3)46)33(22-28)51-4)38(47)34(55-40)23-29-24-44(30-9-7-6-8-10-30)42-36(29)27-11-14-31(15-12-27)56(49,50)43-17-20-52-21-18-43/h5-16,22-24,37H,1,17-21H2,2-4H3. The number of carbonyl (C=O) groups excluding carboxylic acids is 2. The van der Waals surface area contributed by atoms with Crippen LogP contribution in [0.15, 0.2) is 118 Å². The summed E-state index contributed by atoms with van der Waals surface area (Å²) in [6.07, 6.45) is 4.94. The van der Waals surface area contributed by atoms with Gasteiger partial charge in [0.25, 0.3) is 5.56 Å². The molecule has 0 bridgehead atoms. The van der Waals surface area contributed by atoms with Crippen LogP contribution in [0, 0.1) is 0 Å². The molecule has 0 amide bonds. The van der Waals surface area contributed by atoms with Gasteiger partial charge in [-0.15, -0.1) is 0 Å². The van der Waals surface area contributed by atoms with Crippen LogP contribution >= 0.6 is 11.3 Å². The van der Waals surface area contributed by atoms with E-state index in [9.17, 15) is 22.8 Å². The van der Waals surface area contributed by atoms with Gasteiger partial charge in [0, 0.05) is 37.3 Å². The lowest BCUT2D eigenvalue weighted by Gasteiger charge is -2.26. The van der Waals surface area contributed by atoms with Gasteiger partial charge in [0.15, 0.2) is 16.3 Å². The molecule has 14 nitrogen and oxygen atoms in total. The van der Waals surface area contributed by atoms with Crippen LogP contribution in [0.1, 0.15) is 31.0 Å². The van der Waals surface area contributed by atoms with E-state index in [1.807, 2.05) is 30.3 Å². The first-order valence-corrected chi connectivity index (χ1v) is 19.8. The van der Waals surface area contributed by atoms with Crippen LogP contribution in [0.5, 0.6) is 11.5 Å². The van der Waals surface area contributed by atoms with Gasteiger partial charge in [0.1, 0.15) is 6.61 Å². The number of hydrogen-bond donors (Lipinski definition) is 0. The number of carbonyl (C=O) groups is 2. The van der Waals surface area contributed by atoms with Crippen molar-refractivity contribution in [1.29, 1.82) is 0 Å². The molecule has 1 unspecified atom stereocenters. The Bertz CT molecular complexity index is 2660. The number of allylic oxidation sites excluding steroid dienone is 1. The lowest BCUT2D eigenvalue weighted by molar-refractivity contribution is -0.138. The number of fused-ring (bicyclic) bond motifs is 1. The van der Waals surface area contributed by atoms with Crippen molar-refractivity contribution >= 4 is 39.4 Å². The maximum Gasteiger partial charge on any atom is 0.338 e. The van der Waals surface area contributed by atoms with E-state index >= 15 is 0 Å². The molecule has 56 heavy (non-hydrogen) atoms. The minimum absolute atomic E-state index is 0.0598. The second kappa shape index (κ2) is 16.0. The third-order valence-electron chi connectivity index (χ3n) is 9.12. The minimum atomic E-state index is -3.73. The van der Waals surface area contributed by atoms with E-state index in [2.05, 4.69) is 11.6 Å². The summed E-state index contributed by atoms with van der Waals surface area (Å²) in [7, 11) is -2.31. The molecule has 0 spiro atoms. The van der Waals surface area contributed by atoms with E-state index in [0.717, 1.165) is 17.0 Å². The number of nitrogens with zero attached hydrogens (tertiary/aromatic N) is 5. The Morgan fingerprint density at radius 3 is 2.45 bits per heavy atom. The first-order valence-electron chi connectivity index (χ1n) is 17.5. The summed E-state index contributed by atoms with van der Waals surface area (Å²) >= 11 is 1.14. The largest absolute Gasteiger partial charge is 0.493 e. The Hall–Kier alpha value is -5.94. The Morgan fingerprint density at radius 1 is 1.04 bits per heavy atom. The van der Waals surface area contributed by atoms with Gasteiger partial charge in [0.05, 0.1) is 58.4 Å². The Labute approximate surface area is 325 Å². The van der Waals surface area contributed by atoms with Crippen LogP contribution < -0.4 is 24.4 Å². The van der Waals surface area contributed by atoms with Crippen LogP contribution in [0.4, 0.5) is 0 Å². The zero-order valence-corrected chi connectivity index (χ0v) is 32.3. The minimum Gasteiger partial charge on any atom is -0.493 e. The first kappa shape index (κ1) is 38.3. The van der Waals surface area contributed by atoms with Crippen molar-refractivity contribution in [3.63, 3.8) is 0 Å². The van der Waals surface area contributed by atoms with Gasteiger partial charge in [-0.05, 0) is 55.0 Å². The molecule has 0 saturated carbocycles. The van der Waals surface area contributed by atoms with Crippen LogP contribution in [0.3, 0.4) is 0 Å². The quantitative estimate of drug-likeness (QED) is 0.109. The molecule has 4 heterocycles. The molecule has 0 N–H and O–H groups in total. The van der Waals surface area contributed by atoms with Crippen LogP contribution in [0.25, 0.3) is 23.0 Å². The average molecular weight is 796 g/mol. The van der Waals surface area contributed by atoms with E-state index in [0.29, 0.717) is 50.6 Å². The first-order chi connectivity index (χ1) is 27.0. The maximum absolute atomic E-state index is 14.6. The number of sulfonamides is 1. The number of para-hydroxylation sites is 1. The highest BCUT2D eigenvalue weighted by Gasteiger charge is 2.34. The molecule has 288 valence electrons. The summed E-state index contributed by atoms with van der Waals surface area (Å²) < 4.78 is 53.2. The monoisotopic (exact) mass is 795 g/mol. The number of esters is 2. The normalized spacial score (nSPS) is 16.2. The highest BCUT2D eigenvalue weighted by molar-refractivity contribution is 7.89. The number of morpholine rings is 1. The van der Waals surface area contributed by atoms with Gasteiger partial charge in [-0.2, -0.15) is 9.40 Å². The van der Waals surface area contributed by atoms with E-state index in [1.54, 1.807) is 60.3 Å². The molecule has 16 heteroatoms. The molecule has 2 aromatic heterocycles. The lowest BCUT2D eigenvalue weighted by Crippen LogP contribution is -2.40. The topological polar surface area (TPSA) is 161 Å². The summed E-state index contributed by atoms with van der Waals surface area (Å²) in [6, 6.07) is 19.7. The second-order valence-corrected chi connectivity index (χ2v) is 15.7. The predicted octanol–water partition coefficient (Wildman–Crippen LogP) is 3.77. The van der Waals surface area contributed by atoms with E-state index in [-0.39, 0.29) is 41.7 Å². The van der Waals surface area contributed by atoms with Gasteiger partial charge < -0.3 is 18.9 Å².